The maximum atomic E-state index is 12.7. The van der Waals surface area contributed by atoms with E-state index >= 15 is 0 Å². The lowest BCUT2D eigenvalue weighted by Crippen LogP contribution is -2.30. The Labute approximate surface area is 371 Å². The predicted molar refractivity (Wildman–Crippen MR) is 256 cm³/mol. The van der Waals surface area contributed by atoms with Crippen molar-refractivity contribution in [2.75, 3.05) is 13.2 Å². The zero-order valence-electron chi connectivity index (χ0n) is 39.7. The second-order valence-corrected chi connectivity index (χ2v) is 17.1. The largest absolute Gasteiger partial charge is 0.462 e. The van der Waals surface area contributed by atoms with Crippen LogP contribution in [0.3, 0.4) is 0 Å². The number of unbranched alkanes of at least 4 members (excludes halogenated alkanes) is 27. The van der Waals surface area contributed by atoms with Gasteiger partial charge in [0.2, 0.25) is 0 Å². The van der Waals surface area contributed by atoms with Crippen LogP contribution in [-0.2, 0) is 28.6 Å². The van der Waals surface area contributed by atoms with Crippen molar-refractivity contribution in [3.8, 4) is 0 Å². The van der Waals surface area contributed by atoms with Crippen LogP contribution in [0.25, 0.3) is 0 Å². The molecule has 0 aromatic heterocycles. The number of hydrogen-bond acceptors (Lipinski definition) is 6. The van der Waals surface area contributed by atoms with Crippen molar-refractivity contribution in [3.05, 3.63) is 48.6 Å². The minimum Gasteiger partial charge on any atom is -0.462 e. The summed E-state index contributed by atoms with van der Waals surface area (Å²) in [5.74, 6) is -0.899. The third-order valence-corrected chi connectivity index (χ3v) is 11.1. The van der Waals surface area contributed by atoms with Crippen molar-refractivity contribution in [1.29, 1.82) is 0 Å². The van der Waals surface area contributed by atoms with E-state index in [1.807, 2.05) is 0 Å². The van der Waals surface area contributed by atoms with Crippen molar-refractivity contribution >= 4 is 17.9 Å². The van der Waals surface area contributed by atoms with Gasteiger partial charge in [0.15, 0.2) is 6.10 Å². The molecule has 0 spiro atoms. The van der Waals surface area contributed by atoms with Gasteiger partial charge in [-0.25, -0.2) is 0 Å². The summed E-state index contributed by atoms with van der Waals surface area (Å²) in [4.78, 5) is 37.7. The van der Waals surface area contributed by atoms with Gasteiger partial charge in [0.05, 0.1) is 0 Å². The highest BCUT2D eigenvalue weighted by atomic mass is 16.6. The number of carbonyl (C=O) groups excluding carboxylic acids is 3. The van der Waals surface area contributed by atoms with E-state index in [9.17, 15) is 14.4 Å². The average Bonchev–Trinajstić information content (AvgIpc) is 3.24. The summed E-state index contributed by atoms with van der Waals surface area (Å²) >= 11 is 0. The maximum Gasteiger partial charge on any atom is 0.306 e. The Kier molecular flexibility index (Phi) is 46.9. The van der Waals surface area contributed by atoms with Gasteiger partial charge >= 0.3 is 17.9 Å². The van der Waals surface area contributed by atoms with Crippen LogP contribution in [0.15, 0.2) is 48.6 Å². The van der Waals surface area contributed by atoms with Crippen LogP contribution in [-0.4, -0.2) is 37.2 Å². The maximum absolute atomic E-state index is 12.7. The van der Waals surface area contributed by atoms with Gasteiger partial charge in [0.1, 0.15) is 13.2 Å². The smallest absolute Gasteiger partial charge is 0.306 e. The average molecular weight is 841 g/mol. The lowest BCUT2D eigenvalue weighted by atomic mass is 10.1. The molecular formula is C54H96O6. The molecule has 0 radical (unpaired) electrons. The monoisotopic (exact) mass is 841 g/mol. The number of esters is 3. The van der Waals surface area contributed by atoms with Gasteiger partial charge in [-0.05, 0) is 83.5 Å². The fourth-order valence-corrected chi connectivity index (χ4v) is 7.15. The predicted octanol–water partition coefficient (Wildman–Crippen LogP) is 16.7. The molecule has 6 nitrogen and oxygen atoms in total. The van der Waals surface area contributed by atoms with Crippen molar-refractivity contribution in [3.63, 3.8) is 0 Å². The second kappa shape index (κ2) is 49.0. The van der Waals surface area contributed by atoms with Crippen molar-refractivity contribution in [2.24, 2.45) is 0 Å². The molecule has 348 valence electrons. The topological polar surface area (TPSA) is 78.9 Å². The molecule has 0 saturated carbocycles. The molecule has 0 aromatic carbocycles. The molecule has 1 unspecified atom stereocenters. The van der Waals surface area contributed by atoms with Crippen LogP contribution in [0, 0.1) is 0 Å². The highest BCUT2D eigenvalue weighted by Gasteiger charge is 2.19. The number of rotatable bonds is 46. The summed E-state index contributed by atoms with van der Waals surface area (Å²) in [5.41, 5.74) is 0. The van der Waals surface area contributed by atoms with E-state index in [1.165, 1.54) is 135 Å². The van der Waals surface area contributed by atoms with E-state index in [0.717, 1.165) is 83.5 Å². The molecule has 0 aliphatic heterocycles. The Bertz CT molecular complexity index is 1060. The fourth-order valence-electron chi connectivity index (χ4n) is 7.15. The third-order valence-electron chi connectivity index (χ3n) is 11.1. The Balaban J connectivity index is 4.24. The van der Waals surface area contributed by atoms with Crippen LogP contribution >= 0.6 is 0 Å². The Hall–Kier alpha value is -2.63. The zero-order chi connectivity index (χ0) is 43.7. The van der Waals surface area contributed by atoms with Gasteiger partial charge in [-0.15, -0.1) is 0 Å². The fraction of sp³-hybridized carbons (Fsp3) is 0.796. The summed E-state index contributed by atoms with van der Waals surface area (Å²) in [6.45, 7) is 6.54. The molecule has 6 heteroatoms. The first kappa shape index (κ1) is 57.4. The van der Waals surface area contributed by atoms with E-state index in [1.54, 1.807) is 0 Å². The zero-order valence-corrected chi connectivity index (χ0v) is 39.7. The summed E-state index contributed by atoms with van der Waals surface area (Å²) in [6, 6.07) is 0. The van der Waals surface area contributed by atoms with Crippen LogP contribution in [0.1, 0.15) is 258 Å². The lowest BCUT2D eigenvalue weighted by molar-refractivity contribution is -0.167. The minimum atomic E-state index is -0.776. The van der Waals surface area contributed by atoms with Gasteiger partial charge in [-0.3, -0.25) is 14.4 Å². The molecule has 60 heavy (non-hydrogen) atoms. The van der Waals surface area contributed by atoms with Crippen LogP contribution in [0.2, 0.25) is 0 Å². The first-order valence-electron chi connectivity index (χ1n) is 25.6. The molecular weight excluding hydrogens is 745 g/mol. The molecule has 0 aliphatic carbocycles. The summed E-state index contributed by atoms with van der Waals surface area (Å²) in [5, 5.41) is 0. The second-order valence-electron chi connectivity index (χ2n) is 17.1. The minimum absolute atomic E-state index is 0.0786. The molecule has 0 aliphatic rings. The highest BCUT2D eigenvalue weighted by Crippen LogP contribution is 2.14. The van der Waals surface area contributed by atoms with Gasteiger partial charge in [0.25, 0.3) is 0 Å². The first-order chi connectivity index (χ1) is 29.5. The van der Waals surface area contributed by atoms with Gasteiger partial charge in [0, 0.05) is 19.3 Å². The van der Waals surface area contributed by atoms with Crippen molar-refractivity contribution < 1.29 is 28.6 Å². The standard InChI is InChI=1S/C54H96O6/c1-4-7-10-13-16-18-20-22-24-26-28-30-32-34-36-38-41-44-47-53(56)59-50-51(49-58-52(55)46-43-40-15-12-9-6-3)60-54(57)48-45-42-39-37-35-33-31-29-27-25-23-21-19-17-14-11-8-5-2/h18-21,24-27,51H,4-17,22-23,28-50H2,1-3H3/b20-18-,21-19-,26-24-,27-25-. The molecule has 0 rings (SSSR count). The summed E-state index contributed by atoms with van der Waals surface area (Å²) < 4.78 is 16.7. The highest BCUT2D eigenvalue weighted by molar-refractivity contribution is 5.71. The molecule has 0 aromatic rings. The number of allylic oxidation sites excluding steroid dienone is 8. The summed E-state index contributed by atoms with van der Waals surface area (Å²) in [6.07, 6.45) is 58.3. The number of ether oxygens (including phenoxy) is 3. The number of hydrogen-bond donors (Lipinski definition) is 0. The van der Waals surface area contributed by atoms with E-state index < -0.39 is 6.10 Å². The van der Waals surface area contributed by atoms with E-state index in [4.69, 9.17) is 14.2 Å². The molecule has 1 atom stereocenters. The Morgan fingerprint density at radius 2 is 0.600 bits per heavy atom. The van der Waals surface area contributed by atoms with Gasteiger partial charge < -0.3 is 14.2 Å². The normalized spacial score (nSPS) is 12.4. The Morgan fingerprint density at radius 3 is 0.933 bits per heavy atom. The molecule has 0 fully saturated rings. The number of carbonyl (C=O) groups is 3. The quantitative estimate of drug-likeness (QED) is 0.0263. The van der Waals surface area contributed by atoms with Gasteiger partial charge in [-0.2, -0.15) is 0 Å². The van der Waals surface area contributed by atoms with Gasteiger partial charge in [-0.1, -0.05) is 204 Å². The molecule has 0 N–H and O–H groups in total. The first-order valence-corrected chi connectivity index (χ1v) is 25.6. The SMILES string of the molecule is CCCCCC/C=C\C/C=C\CCCCCCCCCC(=O)OCC(COC(=O)CCCCCCCC)OC(=O)CCCCCCCCC/C=C\C/C=C\CCCCCC. The summed E-state index contributed by atoms with van der Waals surface area (Å²) in [7, 11) is 0. The van der Waals surface area contributed by atoms with Crippen LogP contribution in [0.5, 0.6) is 0 Å². The van der Waals surface area contributed by atoms with Crippen molar-refractivity contribution in [2.45, 2.75) is 264 Å². The van der Waals surface area contributed by atoms with E-state index in [0.29, 0.717) is 19.3 Å². The lowest BCUT2D eigenvalue weighted by Gasteiger charge is -2.18. The van der Waals surface area contributed by atoms with E-state index in [2.05, 4.69) is 69.4 Å². The van der Waals surface area contributed by atoms with E-state index in [-0.39, 0.29) is 31.1 Å². The molecule has 0 amide bonds. The molecule has 0 heterocycles. The molecule has 0 saturated heterocycles. The third kappa shape index (κ3) is 46.4. The Morgan fingerprint density at radius 1 is 0.333 bits per heavy atom. The van der Waals surface area contributed by atoms with Crippen molar-refractivity contribution in [1.82, 2.24) is 0 Å². The van der Waals surface area contributed by atoms with Crippen LogP contribution in [0.4, 0.5) is 0 Å². The van der Waals surface area contributed by atoms with Crippen LogP contribution < -0.4 is 0 Å². The molecule has 0 bridgehead atoms.